The number of imidazole rings is 1. The van der Waals surface area contributed by atoms with Crippen LogP contribution in [0.15, 0.2) is 48.9 Å². The Morgan fingerprint density at radius 3 is 2.92 bits per heavy atom. The molecule has 4 aromatic rings. The first kappa shape index (κ1) is 15.1. The molecule has 1 amide bonds. The van der Waals surface area contributed by atoms with Gasteiger partial charge in [-0.05, 0) is 54.3 Å². The Hall–Kier alpha value is -3.15. The van der Waals surface area contributed by atoms with Gasteiger partial charge in [-0.15, -0.1) is 0 Å². The number of hydrogen-bond donors (Lipinski definition) is 2. The highest BCUT2D eigenvalue weighted by Crippen LogP contribution is 2.35. The average Bonchev–Trinajstić information content (AvgIpc) is 3.02. The predicted octanol–water partition coefficient (Wildman–Crippen LogP) is 4.09. The van der Waals surface area contributed by atoms with Gasteiger partial charge < -0.3 is 14.7 Å². The minimum absolute atomic E-state index is 0.297. The molecule has 1 aliphatic rings. The molecule has 0 spiro atoms. The molecule has 2 unspecified atom stereocenters. The molecule has 0 aliphatic heterocycles. The second kappa shape index (κ2) is 5.42. The van der Waals surface area contributed by atoms with Gasteiger partial charge in [0.1, 0.15) is 11.8 Å². The van der Waals surface area contributed by atoms with E-state index in [4.69, 9.17) is 0 Å². The number of benzene rings is 1. The van der Waals surface area contributed by atoms with Crippen LogP contribution in [0.1, 0.15) is 12.0 Å². The molecule has 1 saturated carbocycles. The maximum absolute atomic E-state index is 13.0. The fraction of sp³-hybridized carbons (Fsp3) is 0.200. The van der Waals surface area contributed by atoms with Crippen LogP contribution >= 0.6 is 0 Å². The molecule has 130 valence electrons. The van der Waals surface area contributed by atoms with Gasteiger partial charge in [0.15, 0.2) is 5.82 Å². The monoisotopic (exact) mass is 348 g/mol. The van der Waals surface area contributed by atoms with Gasteiger partial charge in [-0.25, -0.2) is 9.37 Å². The molecule has 2 atom stereocenters. The number of anilines is 1. The Labute approximate surface area is 148 Å². The molecule has 5 nitrogen and oxygen atoms in total. The summed E-state index contributed by atoms with van der Waals surface area (Å²) in [6, 6.07) is 10.2. The van der Waals surface area contributed by atoms with E-state index in [0.717, 1.165) is 16.7 Å². The van der Waals surface area contributed by atoms with Gasteiger partial charge in [0.05, 0.1) is 12.1 Å². The fourth-order valence-corrected chi connectivity index (χ4v) is 3.48. The molecule has 1 aromatic carbocycles. The van der Waals surface area contributed by atoms with E-state index < -0.39 is 12.1 Å². The van der Waals surface area contributed by atoms with Crippen molar-refractivity contribution in [3.05, 3.63) is 54.5 Å². The quantitative estimate of drug-likeness (QED) is 0.586. The lowest BCUT2D eigenvalue weighted by Gasteiger charge is -2.08. The van der Waals surface area contributed by atoms with Crippen LogP contribution in [-0.4, -0.2) is 26.4 Å². The Morgan fingerprint density at radius 1 is 1.27 bits per heavy atom. The molecule has 5 rings (SSSR count). The van der Waals surface area contributed by atoms with Crippen LogP contribution in [-0.2, 0) is 4.79 Å². The van der Waals surface area contributed by atoms with Crippen LogP contribution in [0.5, 0.6) is 0 Å². The van der Waals surface area contributed by atoms with Crippen molar-refractivity contribution in [3.8, 4) is 11.1 Å². The van der Waals surface area contributed by atoms with Crippen molar-refractivity contribution < 1.29 is 9.18 Å². The maximum Gasteiger partial charge on any atom is 0.231 e. The van der Waals surface area contributed by atoms with E-state index in [2.05, 4.69) is 40.4 Å². The third-order valence-corrected chi connectivity index (χ3v) is 4.98. The summed E-state index contributed by atoms with van der Waals surface area (Å²) in [5.74, 6) is -0.374. The van der Waals surface area contributed by atoms with Crippen molar-refractivity contribution in [3.63, 3.8) is 0 Å². The van der Waals surface area contributed by atoms with E-state index in [1.807, 2.05) is 28.9 Å². The van der Waals surface area contributed by atoms with Gasteiger partial charge in [-0.2, -0.15) is 0 Å². The number of aromatic nitrogens is 3. The van der Waals surface area contributed by atoms with Gasteiger partial charge in [0.2, 0.25) is 5.91 Å². The number of amides is 1. The molecule has 3 heterocycles. The number of H-pyrrole nitrogens is 1. The van der Waals surface area contributed by atoms with Crippen LogP contribution in [0.25, 0.3) is 27.7 Å². The lowest BCUT2D eigenvalue weighted by molar-refractivity contribution is -0.117. The predicted molar refractivity (Wildman–Crippen MR) is 98.9 cm³/mol. The van der Waals surface area contributed by atoms with Gasteiger partial charge in [0, 0.05) is 23.3 Å². The number of aryl methyl sites for hydroxylation is 1. The number of pyridine rings is 1. The first-order chi connectivity index (χ1) is 12.6. The molecular formula is C20H17FN4O. The molecule has 0 radical (unpaired) electrons. The molecule has 1 aliphatic carbocycles. The molecule has 1 fully saturated rings. The van der Waals surface area contributed by atoms with Crippen molar-refractivity contribution >= 4 is 28.3 Å². The largest absolute Gasteiger partial charge is 0.361 e. The second-order valence-electron chi connectivity index (χ2n) is 6.85. The number of rotatable bonds is 3. The van der Waals surface area contributed by atoms with Crippen LogP contribution in [0.3, 0.4) is 0 Å². The van der Waals surface area contributed by atoms with Gasteiger partial charge in [-0.3, -0.25) is 4.79 Å². The zero-order valence-corrected chi connectivity index (χ0v) is 14.2. The third kappa shape index (κ3) is 2.37. The summed E-state index contributed by atoms with van der Waals surface area (Å²) in [5.41, 5.74) is 5.25. The fourth-order valence-electron chi connectivity index (χ4n) is 3.48. The van der Waals surface area contributed by atoms with E-state index in [9.17, 15) is 9.18 Å². The van der Waals surface area contributed by atoms with Crippen LogP contribution in [0, 0.1) is 12.8 Å². The summed E-state index contributed by atoms with van der Waals surface area (Å²) in [6.45, 7) is 2.09. The number of carbonyl (C=O) groups excluding carboxylic acids is 1. The van der Waals surface area contributed by atoms with Crippen molar-refractivity contribution in [1.82, 2.24) is 14.4 Å². The highest BCUT2D eigenvalue weighted by Gasteiger charge is 2.43. The molecule has 2 N–H and O–H groups in total. The standard InChI is InChI=1S/C20H17FN4O/c1-11-2-4-16-13(6-7-22-16)19(11)12-3-5-18-23-17(10-25(18)9-12)24-20(26)14-8-15(14)21/h2-7,9-10,14-15,22H,8H2,1H3,(H,24,26). The van der Waals surface area contributed by atoms with E-state index in [1.54, 1.807) is 6.20 Å². The Balaban J connectivity index is 1.54. The van der Waals surface area contributed by atoms with Gasteiger partial charge >= 0.3 is 0 Å². The van der Waals surface area contributed by atoms with Crippen LogP contribution < -0.4 is 5.32 Å². The zero-order valence-electron chi connectivity index (χ0n) is 14.2. The Kier molecular flexibility index (Phi) is 3.16. The van der Waals surface area contributed by atoms with Crippen molar-refractivity contribution in [2.45, 2.75) is 19.5 Å². The van der Waals surface area contributed by atoms with Crippen molar-refractivity contribution in [2.75, 3.05) is 5.32 Å². The number of nitrogens with one attached hydrogen (secondary N) is 2. The summed E-state index contributed by atoms with van der Waals surface area (Å²) in [5, 5.41) is 3.87. The van der Waals surface area contributed by atoms with E-state index in [0.29, 0.717) is 12.2 Å². The van der Waals surface area contributed by atoms with Gasteiger partial charge in [-0.1, -0.05) is 6.07 Å². The minimum atomic E-state index is -1.01. The minimum Gasteiger partial charge on any atom is -0.361 e. The van der Waals surface area contributed by atoms with E-state index in [1.165, 1.54) is 16.5 Å². The first-order valence-corrected chi connectivity index (χ1v) is 8.61. The maximum atomic E-state index is 13.0. The normalized spacial score (nSPS) is 19.2. The number of alkyl halides is 1. The smallest absolute Gasteiger partial charge is 0.231 e. The zero-order chi connectivity index (χ0) is 17.8. The summed E-state index contributed by atoms with van der Waals surface area (Å²) in [4.78, 5) is 19.6. The summed E-state index contributed by atoms with van der Waals surface area (Å²) in [6.07, 6.45) is 5.00. The van der Waals surface area contributed by atoms with Crippen molar-refractivity contribution in [1.29, 1.82) is 0 Å². The number of nitrogens with zero attached hydrogens (tertiary/aromatic N) is 2. The van der Waals surface area contributed by atoms with E-state index >= 15 is 0 Å². The molecule has 0 saturated heterocycles. The number of carbonyl (C=O) groups is 1. The molecular weight excluding hydrogens is 331 g/mol. The second-order valence-corrected chi connectivity index (χ2v) is 6.85. The van der Waals surface area contributed by atoms with Crippen LogP contribution in [0.4, 0.5) is 10.2 Å². The Morgan fingerprint density at radius 2 is 2.12 bits per heavy atom. The SMILES string of the molecule is Cc1ccc2[nH]ccc2c1-c1ccc2nc(NC(=O)C3CC3F)cn2c1. The lowest BCUT2D eigenvalue weighted by atomic mass is 9.98. The number of halogens is 1. The molecule has 6 heteroatoms. The molecule has 0 bridgehead atoms. The summed E-state index contributed by atoms with van der Waals surface area (Å²) < 4.78 is 14.9. The number of hydrogen-bond acceptors (Lipinski definition) is 2. The topological polar surface area (TPSA) is 62.2 Å². The summed E-state index contributed by atoms with van der Waals surface area (Å²) >= 11 is 0. The average molecular weight is 348 g/mol. The molecule has 26 heavy (non-hydrogen) atoms. The van der Waals surface area contributed by atoms with Crippen LogP contribution in [0.2, 0.25) is 0 Å². The highest BCUT2D eigenvalue weighted by molar-refractivity contribution is 5.97. The number of fused-ring (bicyclic) bond motifs is 2. The van der Waals surface area contributed by atoms with Gasteiger partial charge in [0.25, 0.3) is 0 Å². The summed E-state index contributed by atoms with van der Waals surface area (Å²) in [7, 11) is 0. The highest BCUT2D eigenvalue weighted by atomic mass is 19.1. The van der Waals surface area contributed by atoms with Crippen molar-refractivity contribution in [2.24, 2.45) is 5.92 Å². The lowest BCUT2D eigenvalue weighted by Crippen LogP contribution is -2.15. The molecule has 3 aromatic heterocycles. The third-order valence-electron chi connectivity index (χ3n) is 4.98. The Bertz CT molecular complexity index is 1160. The number of aromatic amines is 1. The first-order valence-electron chi connectivity index (χ1n) is 8.61. The van der Waals surface area contributed by atoms with E-state index in [-0.39, 0.29) is 5.91 Å².